The summed E-state index contributed by atoms with van der Waals surface area (Å²) >= 11 is 0. The van der Waals surface area contributed by atoms with Crippen molar-refractivity contribution in [2.24, 2.45) is 15.2 Å². The zero-order valence-corrected chi connectivity index (χ0v) is 26.0. The summed E-state index contributed by atoms with van der Waals surface area (Å²) in [4.78, 5) is 25.3. The van der Waals surface area contributed by atoms with E-state index in [1.807, 2.05) is 0 Å². The van der Waals surface area contributed by atoms with Gasteiger partial charge in [0.1, 0.15) is 17.4 Å². The van der Waals surface area contributed by atoms with Crippen LogP contribution in [0.4, 0.5) is 14.5 Å². The molecule has 1 heterocycles. The van der Waals surface area contributed by atoms with Crippen LogP contribution in [0.1, 0.15) is 40.3 Å². The molecule has 1 aliphatic heterocycles. The van der Waals surface area contributed by atoms with Crippen LogP contribution in [0, 0.1) is 11.6 Å². The van der Waals surface area contributed by atoms with Crippen LogP contribution in [-0.2, 0) is 29.0 Å². The number of carbonyl (C=O) groups is 1. The van der Waals surface area contributed by atoms with Crippen LogP contribution in [-0.4, -0.2) is 35.7 Å². The minimum atomic E-state index is -1.79. The van der Waals surface area contributed by atoms with Crippen molar-refractivity contribution < 1.29 is 28.2 Å². The highest BCUT2D eigenvalue weighted by molar-refractivity contribution is 6.01. The van der Waals surface area contributed by atoms with Crippen molar-refractivity contribution in [2.45, 2.75) is 37.6 Å². The Hall–Kier alpha value is -5.98. The van der Waals surface area contributed by atoms with Crippen molar-refractivity contribution >= 4 is 17.5 Å². The Kier molecular flexibility index (Phi) is 11.4. The predicted octanol–water partition coefficient (Wildman–Crippen LogP) is 6.80. The Morgan fingerprint density at radius 2 is 1.73 bits per heavy atom. The van der Waals surface area contributed by atoms with Gasteiger partial charge < -0.3 is 14.6 Å². The third-order valence-electron chi connectivity index (χ3n) is 7.77. The first-order chi connectivity index (χ1) is 23.9. The molecule has 49 heavy (non-hydrogen) atoms. The Morgan fingerprint density at radius 1 is 0.980 bits per heavy atom. The second-order valence-corrected chi connectivity index (χ2v) is 10.9. The molecule has 1 aliphatic rings. The minimum absolute atomic E-state index is 0.00335. The third-order valence-corrected chi connectivity index (χ3v) is 7.77. The number of azide groups is 2. The van der Waals surface area contributed by atoms with Gasteiger partial charge >= 0.3 is 0 Å². The van der Waals surface area contributed by atoms with E-state index >= 15 is 0 Å². The molecule has 0 saturated heterocycles. The Bertz CT molecular complexity index is 1930. The Morgan fingerprint density at radius 3 is 2.49 bits per heavy atom. The number of aliphatic hydroxyl groups excluding tert-OH is 1. The lowest BCUT2D eigenvalue weighted by Gasteiger charge is -2.32. The van der Waals surface area contributed by atoms with Crippen molar-refractivity contribution in [1.82, 2.24) is 10.9 Å². The van der Waals surface area contributed by atoms with E-state index in [-0.39, 0.29) is 43.3 Å². The number of aliphatic imine (C=N–C) groups is 1. The molecule has 0 saturated carbocycles. The number of aliphatic hydroxyl groups is 1. The zero-order chi connectivity index (χ0) is 34.6. The average Bonchev–Trinajstić information content (AvgIpc) is 3.50. The molecular formula is C34H31F2N9O4. The monoisotopic (exact) mass is 667 g/mol. The lowest BCUT2D eigenvalue weighted by atomic mass is 9.80. The maximum Gasteiger partial charge on any atom is 0.266 e. The van der Waals surface area contributed by atoms with Gasteiger partial charge in [0.15, 0.2) is 11.6 Å². The third kappa shape index (κ3) is 8.12. The van der Waals surface area contributed by atoms with E-state index in [2.05, 4.69) is 30.9 Å². The molecule has 13 nitrogen and oxygen atoms in total. The van der Waals surface area contributed by atoms with Crippen molar-refractivity contribution in [1.29, 1.82) is 0 Å². The molecule has 1 amide bonds. The summed E-state index contributed by atoms with van der Waals surface area (Å²) in [5, 5.41) is 16.6. The highest BCUT2D eigenvalue weighted by Gasteiger charge is 2.54. The van der Waals surface area contributed by atoms with Crippen LogP contribution >= 0.6 is 0 Å². The van der Waals surface area contributed by atoms with E-state index in [0.717, 1.165) is 18.2 Å². The maximum absolute atomic E-state index is 14.5. The first kappa shape index (κ1) is 34.4. The van der Waals surface area contributed by atoms with E-state index in [1.54, 1.807) is 72.8 Å². The molecule has 4 aromatic carbocycles. The van der Waals surface area contributed by atoms with Crippen LogP contribution in [0.3, 0.4) is 0 Å². The largest absolute Gasteiger partial charge is 0.494 e. The summed E-state index contributed by atoms with van der Waals surface area (Å²) in [5.74, 6) is -1.36. The summed E-state index contributed by atoms with van der Waals surface area (Å²) in [7, 11) is 0. The van der Waals surface area contributed by atoms with Gasteiger partial charge in [0, 0.05) is 58.2 Å². The number of ether oxygens (including phenoxy) is 2. The normalized spacial score (nSPS) is 16.5. The van der Waals surface area contributed by atoms with Gasteiger partial charge in [-0.15, -0.1) is 0 Å². The number of nitrogens with zero attached hydrogens (tertiary/aromatic N) is 7. The van der Waals surface area contributed by atoms with E-state index in [4.69, 9.17) is 25.1 Å². The van der Waals surface area contributed by atoms with Crippen LogP contribution in [0.15, 0.2) is 106 Å². The van der Waals surface area contributed by atoms with Gasteiger partial charge in [0.25, 0.3) is 5.91 Å². The van der Waals surface area contributed by atoms with Crippen molar-refractivity contribution in [3.8, 4) is 5.75 Å². The quantitative estimate of drug-likeness (QED) is 0.0412. The standard InChI is InChI=1S/C34H31F2N9O4/c35-26-12-15-29(36)25(18-26)21-39-43-33(47)34(19-23-6-1-2-7-24(23)20-40-44-37)31(28-8-3-4-9-30(28)42-45-38)49-32(41-34)22-10-13-27(14-11-22)48-17-5-16-46/h1-4,6-15,18,31,39,46H,5,16-17,19-21H2,(H,43,47)/t31-,34-/m0/s1. The number of rotatable bonds is 15. The highest BCUT2D eigenvalue weighted by Crippen LogP contribution is 2.45. The topological polar surface area (TPSA) is 190 Å². The van der Waals surface area contributed by atoms with Gasteiger partial charge in [-0.25, -0.2) is 19.2 Å². The molecule has 0 unspecified atom stereocenters. The zero-order valence-electron chi connectivity index (χ0n) is 26.0. The number of benzene rings is 4. The molecule has 15 heteroatoms. The first-order valence-electron chi connectivity index (χ1n) is 15.2. The molecular weight excluding hydrogens is 636 g/mol. The summed E-state index contributed by atoms with van der Waals surface area (Å²) in [6.07, 6.45) is -0.778. The van der Waals surface area contributed by atoms with Crippen LogP contribution in [0.2, 0.25) is 0 Å². The summed E-state index contributed by atoms with van der Waals surface area (Å²) in [6.45, 7) is 0.0465. The van der Waals surface area contributed by atoms with Gasteiger partial charge in [-0.3, -0.25) is 10.2 Å². The Balaban J connectivity index is 1.61. The first-order valence-corrected chi connectivity index (χ1v) is 15.2. The van der Waals surface area contributed by atoms with Crippen LogP contribution in [0.5, 0.6) is 5.75 Å². The molecule has 3 N–H and O–H groups in total. The van der Waals surface area contributed by atoms with E-state index in [1.165, 1.54) is 0 Å². The molecule has 0 radical (unpaired) electrons. The maximum atomic E-state index is 14.5. The predicted molar refractivity (Wildman–Crippen MR) is 176 cm³/mol. The molecule has 2 atom stereocenters. The number of nitrogens with one attached hydrogen (secondary N) is 2. The second kappa shape index (κ2) is 16.2. The van der Waals surface area contributed by atoms with Gasteiger partial charge in [0.2, 0.25) is 5.90 Å². The molecule has 4 aromatic rings. The molecule has 0 aliphatic carbocycles. The highest BCUT2D eigenvalue weighted by atomic mass is 19.1. The number of halogens is 2. The lowest BCUT2D eigenvalue weighted by molar-refractivity contribution is -0.130. The summed E-state index contributed by atoms with van der Waals surface area (Å²) in [6, 6.07) is 23.5. The molecule has 0 aromatic heterocycles. The van der Waals surface area contributed by atoms with Crippen LogP contribution < -0.4 is 15.6 Å². The van der Waals surface area contributed by atoms with Gasteiger partial charge in [-0.05, 0) is 64.7 Å². The average molecular weight is 668 g/mol. The number of carbonyl (C=O) groups excluding carboxylic acids is 1. The molecule has 0 spiro atoms. The fourth-order valence-corrected chi connectivity index (χ4v) is 5.40. The van der Waals surface area contributed by atoms with Crippen LogP contribution in [0.25, 0.3) is 20.9 Å². The smallest absolute Gasteiger partial charge is 0.266 e. The van der Waals surface area contributed by atoms with Crippen molar-refractivity contribution in [2.75, 3.05) is 13.2 Å². The number of hydrazine groups is 1. The molecule has 0 fully saturated rings. The lowest BCUT2D eigenvalue weighted by Crippen LogP contribution is -2.53. The van der Waals surface area contributed by atoms with Crippen molar-refractivity contribution in [3.63, 3.8) is 0 Å². The van der Waals surface area contributed by atoms with Crippen molar-refractivity contribution in [3.05, 3.63) is 151 Å². The van der Waals surface area contributed by atoms with Gasteiger partial charge in [-0.2, -0.15) is 0 Å². The number of hydrogen-bond acceptors (Lipinski definition) is 8. The summed E-state index contributed by atoms with van der Waals surface area (Å²) < 4.78 is 40.4. The molecule has 0 bridgehead atoms. The fourth-order valence-electron chi connectivity index (χ4n) is 5.40. The fraction of sp³-hybridized carbons (Fsp3) is 0.235. The number of amides is 1. The van der Waals surface area contributed by atoms with E-state index in [9.17, 15) is 19.1 Å². The van der Waals surface area contributed by atoms with Gasteiger partial charge in [-0.1, -0.05) is 58.8 Å². The van der Waals surface area contributed by atoms with Gasteiger partial charge in [0.05, 0.1) is 13.2 Å². The second-order valence-electron chi connectivity index (χ2n) is 10.9. The summed E-state index contributed by atoms with van der Waals surface area (Å²) in [5.41, 5.74) is 24.2. The molecule has 5 rings (SSSR count). The molecule has 250 valence electrons. The Labute approximate surface area is 279 Å². The minimum Gasteiger partial charge on any atom is -0.494 e. The van der Waals surface area contributed by atoms with E-state index in [0.29, 0.717) is 41.0 Å². The van der Waals surface area contributed by atoms with E-state index < -0.39 is 29.2 Å². The number of hydrogen-bond donors (Lipinski definition) is 3. The SMILES string of the molecule is [N-]=[N+]=NCc1ccccc1C[C@]1(C(=O)NNCc2cc(F)ccc2F)N=C(c2ccc(OCCCO)cc2)O[C@H]1c1ccccc1N=[N+]=[N-].